The topological polar surface area (TPSA) is 26.3 Å². The van der Waals surface area contributed by atoms with Crippen molar-refractivity contribution in [3.63, 3.8) is 0 Å². The monoisotopic (exact) mass is 258 g/mol. The van der Waals surface area contributed by atoms with Crippen LogP contribution in [0.15, 0.2) is 29.2 Å². The third-order valence-electron chi connectivity index (χ3n) is 2.37. The van der Waals surface area contributed by atoms with Crippen molar-refractivity contribution in [1.82, 2.24) is 0 Å². The fourth-order valence-electron chi connectivity index (χ4n) is 1.29. The van der Waals surface area contributed by atoms with E-state index in [1.165, 1.54) is 0 Å². The van der Waals surface area contributed by atoms with Crippen molar-refractivity contribution < 1.29 is 8.98 Å². The van der Waals surface area contributed by atoms with E-state index in [2.05, 4.69) is 0 Å². The molecule has 0 unspecified atom stereocenters. The number of carbonyl (C=O) groups excluding carboxylic acids is 1. The van der Waals surface area contributed by atoms with Crippen molar-refractivity contribution >= 4 is 29.6 Å². The molecule has 0 spiro atoms. The summed E-state index contributed by atoms with van der Waals surface area (Å²) in [6.07, 6.45) is 1.61. The van der Waals surface area contributed by atoms with Gasteiger partial charge in [0.15, 0.2) is 0 Å². The lowest BCUT2D eigenvalue weighted by Gasteiger charge is -2.10. The van der Waals surface area contributed by atoms with Crippen LogP contribution in [0.1, 0.15) is 26.7 Å². The molecule has 0 bridgehead atoms. The second kappa shape index (κ2) is 6.81. The molecule has 0 aromatic heterocycles. The highest BCUT2D eigenvalue weighted by Gasteiger charge is 2.16. The Morgan fingerprint density at radius 1 is 1.38 bits per heavy atom. The maximum absolute atomic E-state index is 11.6. The molecule has 0 N–H and O–H groups in total. The van der Waals surface area contributed by atoms with Gasteiger partial charge in [-0.2, -0.15) is 0 Å². The van der Waals surface area contributed by atoms with Gasteiger partial charge in [0.25, 0.3) is 0 Å². The summed E-state index contributed by atoms with van der Waals surface area (Å²) in [7, 11) is 0. The van der Waals surface area contributed by atoms with Gasteiger partial charge in [-0.15, -0.1) is 0 Å². The zero-order chi connectivity index (χ0) is 12.0. The SMILES string of the molecule is CCC(CC)C(=O)OSc1ccccc1Cl. The van der Waals surface area contributed by atoms with Crippen molar-refractivity contribution in [2.45, 2.75) is 31.6 Å². The highest BCUT2D eigenvalue weighted by atomic mass is 35.5. The van der Waals surface area contributed by atoms with Crippen molar-refractivity contribution in [3.05, 3.63) is 29.3 Å². The number of hydrogen-bond acceptors (Lipinski definition) is 3. The molecular weight excluding hydrogens is 244 g/mol. The highest BCUT2D eigenvalue weighted by Crippen LogP contribution is 2.28. The predicted octanol–water partition coefficient (Wildman–Crippen LogP) is 4.33. The van der Waals surface area contributed by atoms with Crippen LogP contribution in [0.4, 0.5) is 0 Å². The van der Waals surface area contributed by atoms with Crippen LogP contribution in [0, 0.1) is 5.92 Å². The van der Waals surface area contributed by atoms with E-state index in [0.29, 0.717) is 5.02 Å². The quantitative estimate of drug-likeness (QED) is 0.736. The van der Waals surface area contributed by atoms with Crippen molar-refractivity contribution in [3.8, 4) is 0 Å². The van der Waals surface area contributed by atoms with Crippen LogP contribution in [0.3, 0.4) is 0 Å². The summed E-state index contributed by atoms with van der Waals surface area (Å²) in [6, 6.07) is 7.30. The highest BCUT2D eigenvalue weighted by molar-refractivity contribution is 7.95. The van der Waals surface area contributed by atoms with Gasteiger partial charge in [0.05, 0.1) is 27.9 Å². The second-order valence-corrected chi connectivity index (χ2v) is 4.61. The van der Waals surface area contributed by atoms with E-state index < -0.39 is 0 Å². The molecule has 1 aromatic carbocycles. The van der Waals surface area contributed by atoms with E-state index >= 15 is 0 Å². The summed E-state index contributed by atoms with van der Waals surface area (Å²) in [5.41, 5.74) is 0. The molecule has 0 aliphatic heterocycles. The summed E-state index contributed by atoms with van der Waals surface area (Å²) < 4.78 is 5.15. The van der Waals surface area contributed by atoms with E-state index in [9.17, 15) is 4.79 Å². The Morgan fingerprint density at radius 2 is 2.00 bits per heavy atom. The van der Waals surface area contributed by atoms with Gasteiger partial charge >= 0.3 is 5.97 Å². The molecule has 0 atom stereocenters. The Labute approximate surface area is 106 Å². The normalized spacial score (nSPS) is 10.5. The Bertz CT molecular complexity index is 351. The Kier molecular flexibility index (Phi) is 5.71. The van der Waals surface area contributed by atoms with Gasteiger partial charge in [-0.05, 0) is 25.0 Å². The summed E-state index contributed by atoms with van der Waals surface area (Å²) in [6.45, 7) is 3.96. The summed E-state index contributed by atoms with van der Waals surface area (Å²) in [4.78, 5) is 12.4. The molecular formula is C12H15ClO2S. The van der Waals surface area contributed by atoms with Crippen LogP contribution in [0.25, 0.3) is 0 Å². The number of hydrogen-bond donors (Lipinski definition) is 0. The molecule has 0 heterocycles. The van der Waals surface area contributed by atoms with Crippen LogP contribution < -0.4 is 0 Å². The summed E-state index contributed by atoms with van der Waals surface area (Å²) >= 11 is 6.98. The summed E-state index contributed by atoms with van der Waals surface area (Å²) in [5, 5.41) is 0.602. The molecule has 0 fully saturated rings. The molecule has 1 aromatic rings. The van der Waals surface area contributed by atoms with Crippen LogP contribution >= 0.6 is 23.6 Å². The fraction of sp³-hybridized carbons (Fsp3) is 0.417. The average molecular weight is 259 g/mol. The van der Waals surface area contributed by atoms with Gasteiger partial charge < -0.3 is 4.18 Å². The van der Waals surface area contributed by atoms with Crippen LogP contribution in [0.2, 0.25) is 5.02 Å². The third kappa shape index (κ3) is 3.72. The molecule has 2 nitrogen and oxygen atoms in total. The lowest BCUT2D eigenvalue weighted by atomic mass is 10.0. The smallest absolute Gasteiger partial charge is 0.321 e. The molecule has 0 aliphatic carbocycles. The van der Waals surface area contributed by atoms with Gasteiger partial charge in [0.2, 0.25) is 0 Å². The summed E-state index contributed by atoms with van der Waals surface area (Å²) in [5.74, 6) is -0.190. The van der Waals surface area contributed by atoms with E-state index in [1.807, 2.05) is 32.0 Å². The molecule has 0 aliphatic rings. The number of halogens is 1. The molecule has 0 saturated carbocycles. The lowest BCUT2D eigenvalue weighted by molar-refractivity contribution is -0.137. The molecule has 16 heavy (non-hydrogen) atoms. The Morgan fingerprint density at radius 3 is 2.56 bits per heavy atom. The maximum atomic E-state index is 11.6. The minimum absolute atomic E-state index is 0.0185. The molecule has 0 radical (unpaired) electrons. The molecule has 1 rings (SSSR count). The standard InChI is InChI=1S/C12H15ClO2S/c1-3-9(4-2)12(14)15-16-11-8-6-5-7-10(11)13/h5-9H,3-4H2,1-2H3. The maximum Gasteiger partial charge on any atom is 0.321 e. The first-order valence-electron chi connectivity index (χ1n) is 5.31. The Hall–Kier alpha value is -0.670. The van der Waals surface area contributed by atoms with Crippen LogP contribution in [-0.4, -0.2) is 5.97 Å². The van der Waals surface area contributed by atoms with Gasteiger partial charge in [0.1, 0.15) is 0 Å². The van der Waals surface area contributed by atoms with E-state index in [-0.39, 0.29) is 11.9 Å². The molecule has 88 valence electrons. The second-order valence-electron chi connectivity index (χ2n) is 3.43. The average Bonchev–Trinajstić information content (AvgIpc) is 2.29. The molecule has 0 saturated heterocycles. The largest absolute Gasteiger partial charge is 0.386 e. The first kappa shape index (κ1) is 13.4. The number of benzene rings is 1. The third-order valence-corrected chi connectivity index (χ3v) is 3.59. The van der Waals surface area contributed by atoms with Crippen molar-refractivity contribution in [1.29, 1.82) is 0 Å². The van der Waals surface area contributed by atoms with E-state index in [4.69, 9.17) is 15.8 Å². The lowest BCUT2D eigenvalue weighted by Crippen LogP contribution is -2.13. The minimum Gasteiger partial charge on any atom is -0.386 e. The first-order valence-corrected chi connectivity index (χ1v) is 6.43. The number of rotatable bonds is 5. The van der Waals surface area contributed by atoms with Gasteiger partial charge in [-0.1, -0.05) is 37.6 Å². The minimum atomic E-state index is -0.171. The zero-order valence-corrected chi connectivity index (χ0v) is 11.0. The number of carbonyl (C=O) groups is 1. The molecule has 0 amide bonds. The van der Waals surface area contributed by atoms with E-state index in [0.717, 1.165) is 29.8 Å². The Balaban J connectivity index is 2.52. The van der Waals surface area contributed by atoms with E-state index in [1.54, 1.807) is 6.07 Å². The molecule has 4 heteroatoms. The van der Waals surface area contributed by atoms with Crippen molar-refractivity contribution in [2.75, 3.05) is 0 Å². The van der Waals surface area contributed by atoms with Gasteiger partial charge in [-0.3, -0.25) is 4.79 Å². The van der Waals surface area contributed by atoms with Crippen LogP contribution in [0.5, 0.6) is 0 Å². The fourth-order valence-corrected chi connectivity index (χ4v) is 2.11. The first-order chi connectivity index (χ1) is 7.69. The predicted molar refractivity (Wildman–Crippen MR) is 67.5 cm³/mol. The zero-order valence-electron chi connectivity index (χ0n) is 9.40. The van der Waals surface area contributed by atoms with Gasteiger partial charge in [0, 0.05) is 0 Å². The van der Waals surface area contributed by atoms with Crippen LogP contribution in [-0.2, 0) is 8.98 Å². The van der Waals surface area contributed by atoms with Gasteiger partial charge in [-0.25, -0.2) is 0 Å². The van der Waals surface area contributed by atoms with Crippen molar-refractivity contribution in [2.24, 2.45) is 5.92 Å².